The van der Waals surface area contributed by atoms with E-state index in [4.69, 9.17) is 5.73 Å². The third-order valence-electron chi connectivity index (χ3n) is 2.92. The first kappa shape index (κ1) is 15.9. The van der Waals surface area contributed by atoms with Gasteiger partial charge in [-0.3, -0.25) is 9.82 Å². The Balaban J connectivity index is 2.34. The largest absolute Gasteiger partial charge is 0.325 e. The molecule has 0 aliphatic heterocycles. The SMILES string of the molecule is Cc1[nH]nc(CN)c1S(=O)(=O)Nc1nc(C(C)(C)C)cs1. The Kier molecular flexibility index (Phi) is 4.09. The average molecular weight is 329 g/mol. The minimum Gasteiger partial charge on any atom is -0.325 e. The highest BCUT2D eigenvalue weighted by molar-refractivity contribution is 7.93. The third-order valence-corrected chi connectivity index (χ3v) is 5.35. The molecule has 0 aliphatic rings. The summed E-state index contributed by atoms with van der Waals surface area (Å²) in [6, 6.07) is 0. The van der Waals surface area contributed by atoms with E-state index in [1.54, 1.807) is 6.92 Å². The quantitative estimate of drug-likeness (QED) is 0.790. The lowest BCUT2D eigenvalue weighted by atomic mass is 9.93. The van der Waals surface area contributed by atoms with Crippen molar-refractivity contribution >= 4 is 26.5 Å². The summed E-state index contributed by atoms with van der Waals surface area (Å²) in [6.07, 6.45) is 0. The summed E-state index contributed by atoms with van der Waals surface area (Å²) in [4.78, 5) is 4.42. The highest BCUT2D eigenvalue weighted by Crippen LogP contribution is 2.28. The van der Waals surface area contributed by atoms with Crippen LogP contribution in [0.15, 0.2) is 10.3 Å². The van der Waals surface area contributed by atoms with Crippen LogP contribution in [-0.2, 0) is 22.0 Å². The molecule has 0 spiro atoms. The molecule has 116 valence electrons. The lowest BCUT2D eigenvalue weighted by Gasteiger charge is -2.14. The average Bonchev–Trinajstić information content (AvgIpc) is 2.94. The van der Waals surface area contributed by atoms with Gasteiger partial charge in [-0.15, -0.1) is 11.3 Å². The lowest BCUT2D eigenvalue weighted by Crippen LogP contribution is -2.17. The number of anilines is 1. The van der Waals surface area contributed by atoms with Gasteiger partial charge in [0.05, 0.1) is 17.1 Å². The van der Waals surface area contributed by atoms with Gasteiger partial charge in [0.2, 0.25) is 0 Å². The maximum Gasteiger partial charge on any atom is 0.267 e. The number of sulfonamides is 1. The number of hydrogen-bond acceptors (Lipinski definition) is 6. The highest BCUT2D eigenvalue weighted by Gasteiger charge is 2.25. The molecule has 0 fully saturated rings. The van der Waals surface area contributed by atoms with Crippen molar-refractivity contribution in [2.24, 2.45) is 5.73 Å². The van der Waals surface area contributed by atoms with Crippen LogP contribution in [-0.4, -0.2) is 23.6 Å². The van der Waals surface area contributed by atoms with Gasteiger partial charge in [-0.1, -0.05) is 20.8 Å². The molecule has 0 saturated heterocycles. The maximum atomic E-state index is 12.5. The van der Waals surface area contributed by atoms with Crippen molar-refractivity contribution in [3.05, 3.63) is 22.5 Å². The minimum absolute atomic E-state index is 0.0473. The molecule has 0 unspecified atom stereocenters. The van der Waals surface area contributed by atoms with Gasteiger partial charge in [-0.05, 0) is 6.92 Å². The van der Waals surface area contributed by atoms with Gasteiger partial charge in [-0.2, -0.15) is 5.10 Å². The number of rotatable bonds is 4. The predicted octanol–water partition coefficient (Wildman–Crippen LogP) is 1.73. The summed E-state index contributed by atoms with van der Waals surface area (Å²) >= 11 is 1.26. The standard InChI is InChI=1S/C12H19N5O2S2/c1-7-10(8(5-13)16-15-7)21(18,19)17-11-14-9(6-20-11)12(2,3)4/h6H,5,13H2,1-4H3,(H,14,17)(H,15,16). The third kappa shape index (κ3) is 3.25. The fraction of sp³-hybridized carbons (Fsp3) is 0.500. The van der Waals surface area contributed by atoms with E-state index in [2.05, 4.69) is 19.9 Å². The number of aryl methyl sites for hydroxylation is 1. The molecule has 2 aromatic rings. The second-order valence-electron chi connectivity index (χ2n) is 5.72. The van der Waals surface area contributed by atoms with Crippen molar-refractivity contribution in [2.75, 3.05) is 4.72 Å². The molecule has 0 aliphatic carbocycles. The van der Waals surface area contributed by atoms with Crippen LogP contribution in [0.2, 0.25) is 0 Å². The van der Waals surface area contributed by atoms with Crippen molar-refractivity contribution in [1.82, 2.24) is 15.2 Å². The highest BCUT2D eigenvalue weighted by atomic mass is 32.2. The monoisotopic (exact) mass is 329 g/mol. The normalized spacial score (nSPS) is 12.6. The van der Waals surface area contributed by atoms with E-state index in [-0.39, 0.29) is 16.9 Å². The molecule has 0 atom stereocenters. The van der Waals surface area contributed by atoms with Crippen molar-refractivity contribution < 1.29 is 8.42 Å². The van der Waals surface area contributed by atoms with Gasteiger partial charge in [0, 0.05) is 17.3 Å². The number of aromatic nitrogens is 3. The smallest absolute Gasteiger partial charge is 0.267 e. The Morgan fingerprint density at radius 2 is 2.10 bits per heavy atom. The van der Waals surface area contributed by atoms with E-state index < -0.39 is 10.0 Å². The summed E-state index contributed by atoms with van der Waals surface area (Å²) in [5.41, 5.74) is 7.00. The molecule has 9 heteroatoms. The van der Waals surface area contributed by atoms with Crippen molar-refractivity contribution in [3.63, 3.8) is 0 Å². The lowest BCUT2D eigenvalue weighted by molar-refractivity contribution is 0.573. The second-order valence-corrected chi connectivity index (χ2v) is 8.20. The van der Waals surface area contributed by atoms with E-state index in [1.165, 1.54) is 11.3 Å². The number of nitrogens with zero attached hydrogens (tertiary/aromatic N) is 2. The van der Waals surface area contributed by atoms with Crippen molar-refractivity contribution in [2.45, 2.75) is 44.6 Å². The molecular formula is C12H19N5O2S2. The number of H-pyrrole nitrogens is 1. The second kappa shape index (κ2) is 5.39. The summed E-state index contributed by atoms with van der Waals surface area (Å²) in [5, 5.41) is 8.73. The van der Waals surface area contributed by atoms with E-state index in [1.807, 2.05) is 26.2 Å². The summed E-state index contributed by atoms with van der Waals surface area (Å²) < 4.78 is 27.4. The molecule has 0 radical (unpaired) electrons. The summed E-state index contributed by atoms with van der Waals surface area (Å²) in [7, 11) is -3.75. The zero-order valence-electron chi connectivity index (χ0n) is 12.4. The van der Waals surface area contributed by atoms with E-state index >= 15 is 0 Å². The molecule has 0 aromatic carbocycles. The van der Waals surface area contributed by atoms with E-state index in [0.29, 0.717) is 16.5 Å². The van der Waals surface area contributed by atoms with Crippen LogP contribution in [0.4, 0.5) is 5.13 Å². The van der Waals surface area contributed by atoms with Crippen LogP contribution < -0.4 is 10.5 Å². The van der Waals surface area contributed by atoms with Crippen molar-refractivity contribution in [3.8, 4) is 0 Å². The molecule has 2 heterocycles. The van der Waals surface area contributed by atoms with Crippen LogP contribution in [0.1, 0.15) is 37.9 Å². The number of nitrogens with two attached hydrogens (primary N) is 1. The van der Waals surface area contributed by atoms with E-state index in [0.717, 1.165) is 5.69 Å². The van der Waals surface area contributed by atoms with Gasteiger partial charge in [0.15, 0.2) is 5.13 Å². The fourth-order valence-electron chi connectivity index (χ4n) is 1.80. The summed E-state index contributed by atoms with van der Waals surface area (Å²) in [5.74, 6) is 0. The van der Waals surface area contributed by atoms with Crippen LogP contribution in [0.25, 0.3) is 0 Å². The first-order valence-electron chi connectivity index (χ1n) is 6.38. The zero-order valence-corrected chi connectivity index (χ0v) is 14.0. The molecular weight excluding hydrogens is 310 g/mol. The Morgan fingerprint density at radius 1 is 1.43 bits per heavy atom. The van der Waals surface area contributed by atoms with Gasteiger partial charge >= 0.3 is 0 Å². The van der Waals surface area contributed by atoms with Crippen LogP contribution in [0.5, 0.6) is 0 Å². The predicted molar refractivity (Wildman–Crippen MR) is 82.8 cm³/mol. The fourth-order valence-corrected chi connectivity index (χ4v) is 4.36. The Bertz CT molecular complexity index is 740. The molecule has 0 saturated carbocycles. The maximum absolute atomic E-state index is 12.5. The van der Waals surface area contributed by atoms with Crippen LogP contribution in [0.3, 0.4) is 0 Å². The molecule has 0 bridgehead atoms. The van der Waals surface area contributed by atoms with Gasteiger partial charge < -0.3 is 5.73 Å². The molecule has 21 heavy (non-hydrogen) atoms. The first-order valence-corrected chi connectivity index (χ1v) is 8.74. The van der Waals surface area contributed by atoms with Crippen molar-refractivity contribution in [1.29, 1.82) is 0 Å². The Hall–Kier alpha value is -1.45. The summed E-state index contributed by atoms with van der Waals surface area (Å²) in [6.45, 7) is 7.75. The minimum atomic E-state index is -3.75. The molecule has 2 rings (SSSR count). The number of thiazole rings is 1. The molecule has 2 aromatic heterocycles. The Morgan fingerprint density at radius 3 is 2.62 bits per heavy atom. The molecule has 7 nitrogen and oxygen atoms in total. The Labute approximate surface area is 128 Å². The van der Waals surface area contributed by atoms with Gasteiger partial charge in [0.1, 0.15) is 4.90 Å². The number of aromatic amines is 1. The topological polar surface area (TPSA) is 114 Å². The first-order chi connectivity index (χ1) is 9.65. The molecule has 4 N–H and O–H groups in total. The zero-order chi connectivity index (χ0) is 15.8. The van der Waals surface area contributed by atoms with Crippen LogP contribution >= 0.6 is 11.3 Å². The molecule has 0 amide bonds. The van der Waals surface area contributed by atoms with Crippen LogP contribution in [0, 0.1) is 6.92 Å². The van der Waals surface area contributed by atoms with Gasteiger partial charge in [0.25, 0.3) is 10.0 Å². The number of hydrogen-bond donors (Lipinski definition) is 3. The van der Waals surface area contributed by atoms with E-state index in [9.17, 15) is 8.42 Å². The number of nitrogens with one attached hydrogen (secondary N) is 2. The van der Waals surface area contributed by atoms with Gasteiger partial charge in [-0.25, -0.2) is 13.4 Å².